The second-order valence-corrected chi connectivity index (χ2v) is 5.93. The maximum Gasteiger partial charge on any atom is 0.231 e. The minimum absolute atomic E-state index is 0.0119. The van der Waals surface area contributed by atoms with Gasteiger partial charge in [0, 0.05) is 12.8 Å². The number of fused-ring (bicyclic) bond motifs is 1. The van der Waals surface area contributed by atoms with Crippen LogP contribution in [0.4, 0.5) is 0 Å². The van der Waals surface area contributed by atoms with Crippen LogP contribution in [0.2, 0.25) is 0 Å². The Labute approximate surface area is 145 Å². The van der Waals surface area contributed by atoms with E-state index in [-0.39, 0.29) is 12.9 Å². The number of benzene rings is 2. The molecule has 0 radical (unpaired) electrons. The molecule has 0 N–H and O–H groups in total. The summed E-state index contributed by atoms with van der Waals surface area (Å²) in [4.78, 5) is 5.62. The highest BCUT2D eigenvalue weighted by Crippen LogP contribution is 2.42. The average molecular weight is 341 g/mol. The van der Waals surface area contributed by atoms with E-state index in [4.69, 9.17) is 23.8 Å². The van der Waals surface area contributed by atoms with E-state index in [0.717, 1.165) is 35.4 Å². The summed E-state index contributed by atoms with van der Waals surface area (Å²) in [6.07, 6.45) is 1.46. The summed E-state index contributed by atoms with van der Waals surface area (Å²) in [5.74, 6) is 2.88. The molecular weight excluding hydrogens is 322 g/mol. The second-order valence-electron chi connectivity index (χ2n) is 5.93. The fourth-order valence-electron chi connectivity index (χ4n) is 3.06. The zero-order chi connectivity index (χ0) is 17.2. The van der Waals surface area contributed by atoms with Crippen molar-refractivity contribution in [1.29, 1.82) is 0 Å². The second kappa shape index (κ2) is 6.55. The monoisotopic (exact) mass is 341 g/mol. The van der Waals surface area contributed by atoms with E-state index in [1.807, 2.05) is 36.4 Å². The molecule has 0 aromatic heterocycles. The van der Waals surface area contributed by atoms with Gasteiger partial charge in [-0.1, -0.05) is 5.16 Å². The summed E-state index contributed by atoms with van der Waals surface area (Å²) in [5, 5.41) is 4.24. The molecule has 2 aromatic rings. The Kier molecular flexibility index (Phi) is 4.09. The lowest BCUT2D eigenvalue weighted by Gasteiger charge is -2.11. The largest absolute Gasteiger partial charge is 0.497 e. The summed E-state index contributed by atoms with van der Waals surface area (Å²) in [7, 11) is 3.28. The Balaban J connectivity index is 1.45. The quantitative estimate of drug-likeness (QED) is 0.836. The van der Waals surface area contributed by atoms with E-state index in [0.29, 0.717) is 17.2 Å². The summed E-state index contributed by atoms with van der Waals surface area (Å²) in [5.41, 5.74) is 3.06. The molecule has 6 heteroatoms. The van der Waals surface area contributed by atoms with Crippen LogP contribution in [-0.2, 0) is 11.3 Å². The number of hydrogen-bond donors (Lipinski definition) is 0. The Morgan fingerprint density at radius 3 is 2.68 bits per heavy atom. The Morgan fingerprint density at radius 1 is 1.08 bits per heavy atom. The van der Waals surface area contributed by atoms with Crippen LogP contribution in [0.1, 0.15) is 17.5 Å². The molecule has 2 heterocycles. The van der Waals surface area contributed by atoms with Crippen LogP contribution in [-0.4, -0.2) is 32.8 Å². The van der Waals surface area contributed by atoms with E-state index in [1.165, 1.54) is 0 Å². The molecule has 2 aliphatic heterocycles. The molecule has 6 nitrogen and oxygen atoms in total. The smallest absolute Gasteiger partial charge is 0.231 e. The van der Waals surface area contributed by atoms with E-state index >= 15 is 0 Å². The van der Waals surface area contributed by atoms with E-state index in [9.17, 15) is 0 Å². The number of methoxy groups -OCH3 is 2. The van der Waals surface area contributed by atoms with Crippen LogP contribution in [0, 0.1) is 0 Å². The molecule has 0 saturated carbocycles. The van der Waals surface area contributed by atoms with Gasteiger partial charge in [0.1, 0.15) is 11.9 Å². The topological polar surface area (TPSA) is 58.5 Å². The summed E-state index contributed by atoms with van der Waals surface area (Å²) in [6.45, 7) is 0.222. The van der Waals surface area contributed by atoms with Gasteiger partial charge in [-0.2, -0.15) is 0 Å². The van der Waals surface area contributed by atoms with Gasteiger partial charge in [0.05, 0.1) is 19.9 Å². The Morgan fingerprint density at radius 2 is 1.92 bits per heavy atom. The summed E-state index contributed by atoms with van der Waals surface area (Å²) in [6, 6.07) is 11.8. The first-order valence-corrected chi connectivity index (χ1v) is 8.10. The molecule has 0 amide bonds. The van der Waals surface area contributed by atoms with Gasteiger partial charge in [-0.25, -0.2) is 0 Å². The molecule has 130 valence electrons. The lowest BCUT2D eigenvalue weighted by Crippen LogP contribution is -2.12. The molecule has 2 aromatic carbocycles. The van der Waals surface area contributed by atoms with Crippen molar-refractivity contribution in [2.75, 3.05) is 21.0 Å². The zero-order valence-electron chi connectivity index (χ0n) is 14.2. The molecule has 4 rings (SSSR count). The fourth-order valence-corrected chi connectivity index (χ4v) is 3.06. The van der Waals surface area contributed by atoms with Gasteiger partial charge in [0.25, 0.3) is 0 Å². The summed E-state index contributed by atoms with van der Waals surface area (Å²) >= 11 is 0. The van der Waals surface area contributed by atoms with Gasteiger partial charge >= 0.3 is 0 Å². The van der Waals surface area contributed by atoms with Crippen LogP contribution in [0.3, 0.4) is 0 Å². The Bertz CT molecular complexity index is 800. The average Bonchev–Trinajstić information content (AvgIpc) is 3.30. The van der Waals surface area contributed by atoms with Gasteiger partial charge in [0.15, 0.2) is 11.5 Å². The van der Waals surface area contributed by atoms with Crippen LogP contribution in [0.5, 0.6) is 23.0 Å². The van der Waals surface area contributed by atoms with Gasteiger partial charge in [-0.05, 0) is 47.5 Å². The molecule has 0 spiro atoms. The first-order valence-electron chi connectivity index (χ1n) is 8.10. The molecule has 1 unspecified atom stereocenters. The molecule has 0 aliphatic carbocycles. The standard InChI is InChI=1S/C19H19NO5/c1-21-14-5-3-13(4-6-14)16-10-15(25-20-16)7-12-8-17(22-2)19-18(9-12)23-11-24-19/h3-6,8-9,15H,7,10-11H2,1-2H3. The molecule has 0 saturated heterocycles. The molecule has 2 aliphatic rings. The maximum atomic E-state index is 5.62. The molecule has 0 bridgehead atoms. The number of rotatable bonds is 5. The normalized spacial score (nSPS) is 17.8. The van der Waals surface area contributed by atoms with Crippen LogP contribution in [0.25, 0.3) is 0 Å². The number of hydrogen-bond acceptors (Lipinski definition) is 6. The van der Waals surface area contributed by atoms with Crippen LogP contribution in [0.15, 0.2) is 41.6 Å². The molecule has 25 heavy (non-hydrogen) atoms. The minimum atomic E-state index is -0.0119. The van der Waals surface area contributed by atoms with Crippen molar-refractivity contribution in [2.45, 2.75) is 18.9 Å². The van der Waals surface area contributed by atoms with E-state index in [2.05, 4.69) is 5.16 Å². The predicted molar refractivity (Wildman–Crippen MR) is 91.8 cm³/mol. The molecular formula is C19H19NO5. The van der Waals surface area contributed by atoms with Crippen molar-refractivity contribution >= 4 is 5.71 Å². The van der Waals surface area contributed by atoms with Gasteiger partial charge in [-0.3, -0.25) is 0 Å². The molecule has 1 atom stereocenters. The van der Waals surface area contributed by atoms with E-state index < -0.39 is 0 Å². The first-order chi connectivity index (χ1) is 12.3. The number of oxime groups is 1. The minimum Gasteiger partial charge on any atom is -0.497 e. The van der Waals surface area contributed by atoms with Gasteiger partial charge in [-0.15, -0.1) is 0 Å². The van der Waals surface area contributed by atoms with Crippen molar-refractivity contribution in [2.24, 2.45) is 5.16 Å². The third-order valence-corrected chi connectivity index (χ3v) is 4.34. The zero-order valence-corrected chi connectivity index (χ0v) is 14.2. The first kappa shape index (κ1) is 15.6. The lowest BCUT2D eigenvalue weighted by molar-refractivity contribution is 0.0858. The van der Waals surface area contributed by atoms with E-state index in [1.54, 1.807) is 14.2 Å². The Hall–Kier alpha value is -2.89. The highest BCUT2D eigenvalue weighted by molar-refractivity contribution is 6.01. The molecule has 0 fully saturated rings. The highest BCUT2D eigenvalue weighted by atomic mass is 16.7. The predicted octanol–water partition coefficient (Wildman–Crippen LogP) is 3.17. The fraction of sp³-hybridized carbons (Fsp3) is 0.316. The van der Waals surface area contributed by atoms with Gasteiger partial charge in [0.2, 0.25) is 12.5 Å². The third-order valence-electron chi connectivity index (χ3n) is 4.34. The van der Waals surface area contributed by atoms with Crippen molar-refractivity contribution < 1.29 is 23.8 Å². The van der Waals surface area contributed by atoms with Crippen molar-refractivity contribution in [3.05, 3.63) is 47.5 Å². The summed E-state index contributed by atoms with van der Waals surface area (Å²) < 4.78 is 21.5. The van der Waals surface area contributed by atoms with Crippen LogP contribution < -0.4 is 18.9 Å². The SMILES string of the molecule is COc1ccc(C2=NOC(Cc3cc(OC)c4c(c3)OCO4)C2)cc1. The van der Waals surface area contributed by atoms with Crippen molar-refractivity contribution in [3.8, 4) is 23.0 Å². The number of ether oxygens (including phenoxy) is 4. The number of nitrogens with zero attached hydrogens (tertiary/aromatic N) is 1. The third kappa shape index (κ3) is 3.07. The lowest BCUT2D eigenvalue weighted by atomic mass is 10.00. The van der Waals surface area contributed by atoms with Crippen LogP contribution >= 0.6 is 0 Å². The van der Waals surface area contributed by atoms with Crippen molar-refractivity contribution in [1.82, 2.24) is 0 Å². The van der Waals surface area contributed by atoms with Crippen molar-refractivity contribution in [3.63, 3.8) is 0 Å². The highest BCUT2D eigenvalue weighted by Gasteiger charge is 2.25. The van der Waals surface area contributed by atoms with Gasteiger partial charge < -0.3 is 23.8 Å². The maximum absolute atomic E-state index is 5.62.